The van der Waals surface area contributed by atoms with Crippen molar-refractivity contribution in [3.63, 3.8) is 0 Å². The molecule has 106 valence electrons. The maximum atomic E-state index is 13.2. The Labute approximate surface area is 114 Å². The summed E-state index contributed by atoms with van der Waals surface area (Å²) in [7, 11) is 0. The normalized spacial score (nSPS) is 22.2. The van der Waals surface area contributed by atoms with Crippen LogP contribution in [0.2, 0.25) is 0 Å². The van der Waals surface area contributed by atoms with Crippen molar-refractivity contribution in [1.82, 2.24) is 9.78 Å². The van der Waals surface area contributed by atoms with Crippen molar-refractivity contribution < 1.29 is 13.2 Å². The molecular formula is C14H14F3N3. The Kier molecular flexibility index (Phi) is 2.96. The Morgan fingerprint density at radius 3 is 2.55 bits per heavy atom. The summed E-state index contributed by atoms with van der Waals surface area (Å²) >= 11 is 0. The minimum absolute atomic E-state index is 0.0543. The highest BCUT2D eigenvalue weighted by Gasteiger charge is 2.46. The molecule has 2 atom stereocenters. The molecule has 3 rings (SSSR count). The first-order chi connectivity index (χ1) is 9.45. The number of aromatic nitrogens is 2. The van der Waals surface area contributed by atoms with Crippen LogP contribution in [0.5, 0.6) is 0 Å². The van der Waals surface area contributed by atoms with Crippen molar-refractivity contribution in [2.75, 3.05) is 5.32 Å². The van der Waals surface area contributed by atoms with E-state index in [0.29, 0.717) is 5.82 Å². The number of alkyl halides is 3. The fourth-order valence-corrected chi connectivity index (χ4v) is 2.53. The molecule has 2 aromatic rings. The first-order valence-corrected chi connectivity index (χ1v) is 6.38. The lowest BCUT2D eigenvalue weighted by Crippen LogP contribution is -2.35. The second-order valence-corrected chi connectivity index (χ2v) is 5.06. The van der Waals surface area contributed by atoms with Crippen molar-refractivity contribution in [3.05, 3.63) is 47.7 Å². The molecule has 1 aromatic carbocycles. The third-order valence-corrected chi connectivity index (χ3v) is 3.60. The van der Waals surface area contributed by atoms with Crippen molar-refractivity contribution in [2.45, 2.75) is 31.6 Å². The van der Waals surface area contributed by atoms with Crippen LogP contribution >= 0.6 is 0 Å². The van der Waals surface area contributed by atoms with E-state index in [-0.39, 0.29) is 12.5 Å². The Morgan fingerprint density at radius 2 is 1.90 bits per heavy atom. The van der Waals surface area contributed by atoms with Gasteiger partial charge in [-0.25, -0.2) is 4.68 Å². The molecule has 1 aliphatic heterocycles. The van der Waals surface area contributed by atoms with Crippen LogP contribution in [-0.4, -0.2) is 16.0 Å². The number of fused-ring (bicyclic) bond motifs is 1. The van der Waals surface area contributed by atoms with E-state index in [0.717, 1.165) is 15.8 Å². The second-order valence-electron chi connectivity index (χ2n) is 5.06. The van der Waals surface area contributed by atoms with Crippen LogP contribution in [0.25, 0.3) is 0 Å². The summed E-state index contributed by atoms with van der Waals surface area (Å²) in [6, 6.07) is 7.18. The number of aryl methyl sites for hydroxylation is 1. The number of nitrogens with one attached hydrogen (secondary N) is 1. The second kappa shape index (κ2) is 4.54. The van der Waals surface area contributed by atoms with Crippen molar-refractivity contribution in [1.29, 1.82) is 0 Å². The fraction of sp³-hybridized carbons (Fsp3) is 0.357. The van der Waals surface area contributed by atoms with Gasteiger partial charge in [-0.05, 0) is 12.5 Å². The number of hydrogen-bond acceptors (Lipinski definition) is 2. The monoisotopic (exact) mass is 281 g/mol. The zero-order valence-electron chi connectivity index (χ0n) is 10.9. The van der Waals surface area contributed by atoms with Gasteiger partial charge in [-0.3, -0.25) is 0 Å². The first kappa shape index (κ1) is 13.0. The minimum Gasteiger partial charge on any atom is -0.363 e. The predicted octanol–water partition coefficient (Wildman–Crippen LogP) is 3.85. The highest BCUT2D eigenvalue weighted by Crippen LogP contribution is 2.43. The van der Waals surface area contributed by atoms with E-state index in [9.17, 15) is 13.2 Å². The third kappa shape index (κ3) is 2.26. The Balaban J connectivity index is 1.95. The lowest BCUT2D eigenvalue weighted by Gasteiger charge is -2.33. The van der Waals surface area contributed by atoms with Crippen LogP contribution in [0, 0.1) is 6.92 Å². The zero-order valence-corrected chi connectivity index (χ0v) is 10.9. The molecule has 20 heavy (non-hydrogen) atoms. The number of anilines is 1. The summed E-state index contributed by atoms with van der Waals surface area (Å²) in [5.41, 5.74) is 1.94. The van der Waals surface area contributed by atoms with E-state index in [1.807, 2.05) is 31.2 Å². The summed E-state index contributed by atoms with van der Waals surface area (Å²) < 4.78 is 40.5. The van der Waals surface area contributed by atoms with Gasteiger partial charge in [-0.1, -0.05) is 29.8 Å². The quantitative estimate of drug-likeness (QED) is 0.860. The molecule has 2 heterocycles. The highest BCUT2D eigenvalue weighted by molar-refractivity contribution is 5.41. The number of nitrogens with zero attached hydrogens (tertiary/aromatic N) is 2. The van der Waals surface area contributed by atoms with Crippen molar-refractivity contribution in [3.8, 4) is 0 Å². The van der Waals surface area contributed by atoms with Crippen LogP contribution in [0.1, 0.15) is 29.6 Å². The van der Waals surface area contributed by atoms with Crippen LogP contribution in [-0.2, 0) is 0 Å². The number of hydrogen-bond donors (Lipinski definition) is 1. The van der Waals surface area contributed by atoms with E-state index in [2.05, 4.69) is 10.4 Å². The molecule has 0 saturated heterocycles. The molecule has 0 saturated carbocycles. The maximum Gasteiger partial charge on any atom is 0.410 e. The number of rotatable bonds is 1. The largest absolute Gasteiger partial charge is 0.410 e. The van der Waals surface area contributed by atoms with Gasteiger partial charge in [-0.15, -0.1) is 0 Å². The summed E-state index contributed by atoms with van der Waals surface area (Å²) in [5, 5.41) is 6.90. The first-order valence-electron chi connectivity index (χ1n) is 6.38. The Bertz CT molecular complexity index is 601. The maximum absolute atomic E-state index is 13.2. The average Bonchev–Trinajstić information content (AvgIpc) is 2.85. The third-order valence-electron chi connectivity index (χ3n) is 3.60. The SMILES string of the molecule is Cc1ccc([C@H]2C[C@@H](C(F)(F)F)n3nccc3N2)cc1. The van der Waals surface area contributed by atoms with E-state index in [4.69, 9.17) is 0 Å². The molecule has 0 aliphatic carbocycles. The van der Waals surface area contributed by atoms with Gasteiger partial charge in [0.1, 0.15) is 5.82 Å². The molecule has 0 fully saturated rings. The highest BCUT2D eigenvalue weighted by atomic mass is 19.4. The molecular weight excluding hydrogens is 267 g/mol. The van der Waals surface area contributed by atoms with Gasteiger partial charge in [0.05, 0.1) is 12.2 Å². The van der Waals surface area contributed by atoms with Gasteiger partial charge in [0.2, 0.25) is 0 Å². The van der Waals surface area contributed by atoms with E-state index in [1.54, 1.807) is 6.07 Å². The van der Waals surface area contributed by atoms with E-state index >= 15 is 0 Å². The number of benzene rings is 1. The lowest BCUT2D eigenvalue weighted by molar-refractivity contribution is -0.173. The molecule has 1 aliphatic rings. The summed E-state index contributed by atoms with van der Waals surface area (Å²) in [5.74, 6) is 0.407. The molecule has 0 spiro atoms. The predicted molar refractivity (Wildman–Crippen MR) is 69.5 cm³/mol. The van der Waals surface area contributed by atoms with Gasteiger partial charge in [0.25, 0.3) is 0 Å². The summed E-state index contributed by atoms with van der Waals surface area (Å²) in [6.07, 6.45) is -2.97. The van der Waals surface area contributed by atoms with Crippen LogP contribution in [0.3, 0.4) is 0 Å². The molecule has 0 amide bonds. The van der Waals surface area contributed by atoms with Crippen LogP contribution in [0.15, 0.2) is 36.5 Å². The van der Waals surface area contributed by atoms with Gasteiger partial charge in [0, 0.05) is 12.5 Å². The fourth-order valence-electron chi connectivity index (χ4n) is 2.53. The van der Waals surface area contributed by atoms with Gasteiger partial charge >= 0.3 is 6.18 Å². The standard InChI is InChI=1S/C14H14F3N3/c1-9-2-4-10(5-3-9)11-8-12(14(15,16)17)20-13(19-11)6-7-18-20/h2-7,11-12,19H,8H2,1H3/t11-,12+/m1/s1. The Morgan fingerprint density at radius 1 is 1.20 bits per heavy atom. The van der Waals surface area contributed by atoms with Crippen molar-refractivity contribution in [2.24, 2.45) is 0 Å². The molecule has 1 aromatic heterocycles. The molecule has 1 N–H and O–H groups in total. The van der Waals surface area contributed by atoms with Gasteiger partial charge in [0.15, 0.2) is 6.04 Å². The Hall–Kier alpha value is -1.98. The minimum atomic E-state index is -4.30. The molecule has 0 radical (unpaired) electrons. The van der Waals surface area contributed by atoms with Gasteiger partial charge in [-0.2, -0.15) is 18.3 Å². The van der Waals surface area contributed by atoms with E-state index < -0.39 is 12.2 Å². The zero-order chi connectivity index (χ0) is 14.3. The van der Waals surface area contributed by atoms with Crippen LogP contribution in [0.4, 0.5) is 19.0 Å². The molecule has 6 heteroatoms. The van der Waals surface area contributed by atoms with Crippen LogP contribution < -0.4 is 5.32 Å². The van der Waals surface area contributed by atoms with Gasteiger partial charge < -0.3 is 5.32 Å². The molecule has 3 nitrogen and oxygen atoms in total. The van der Waals surface area contributed by atoms with Crippen molar-refractivity contribution >= 4 is 5.82 Å². The topological polar surface area (TPSA) is 29.9 Å². The lowest BCUT2D eigenvalue weighted by atomic mass is 9.96. The number of halogens is 3. The average molecular weight is 281 g/mol. The summed E-state index contributed by atoms with van der Waals surface area (Å²) in [4.78, 5) is 0. The summed E-state index contributed by atoms with van der Waals surface area (Å²) in [6.45, 7) is 1.95. The smallest absolute Gasteiger partial charge is 0.363 e. The van der Waals surface area contributed by atoms with E-state index in [1.165, 1.54) is 6.20 Å². The molecule has 0 bridgehead atoms. The molecule has 0 unspecified atom stereocenters.